The Morgan fingerprint density at radius 3 is 2.81 bits per heavy atom. The standard InChI is InChI=1S/C12H10ClN3/c13-9-5-4-8-12-10-14-15-16(12)11-6-2-1-3-7-11/h1-3,6-7,10H,5,9H2. The van der Waals surface area contributed by atoms with Gasteiger partial charge in [-0.25, -0.2) is 4.68 Å². The van der Waals surface area contributed by atoms with E-state index in [0.29, 0.717) is 12.3 Å². The molecule has 0 amide bonds. The van der Waals surface area contributed by atoms with E-state index in [0.717, 1.165) is 11.4 Å². The minimum absolute atomic E-state index is 0.542. The van der Waals surface area contributed by atoms with Crippen LogP contribution in [0.4, 0.5) is 0 Å². The zero-order chi connectivity index (χ0) is 11.2. The molecule has 0 radical (unpaired) electrons. The molecule has 0 spiro atoms. The number of hydrogen-bond donors (Lipinski definition) is 0. The number of para-hydroxylation sites is 1. The van der Waals surface area contributed by atoms with Crippen LogP contribution in [0.3, 0.4) is 0 Å². The maximum Gasteiger partial charge on any atom is 0.137 e. The molecule has 16 heavy (non-hydrogen) atoms. The van der Waals surface area contributed by atoms with Crippen molar-refractivity contribution in [3.05, 3.63) is 42.2 Å². The van der Waals surface area contributed by atoms with E-state index in [4.69, 9.17) is 11.6 Å². The van der Waals surface area contributed by atoms with E-state index in [1.54, 1.807) is 10.9 Å². The summed E-state index contributed by atoms with van der Waals surface area (Å²) in [5.74, 6) is 6.50. The van der Waals surface area contributed by atoms with Crippen molar-refractivity contribution >= 4 is 11.6 Å². The van der Waals surface area contributed by atoms with Gasteiger partial charge >= 0.3 is 0 Å². The second kappa shape index (κ2) is 5.34. The SMILES string of the molecule is ClCCC#Cc1cnnn1-c1ccccc1. The highest BCUT2D eigenvalue weighted by atomic mass is 35.5. The highest BCUT2D eigenvalue weighted by molar-refractivity contribution is 6.18. The average molecular weight is 232 g/mol. The minimum Gasteiger partial charge on any atom is -0.205 e. The second-order valence-electron chi connectivity index (χ2n) is 3.11. The first-order valence-electron chi connectivity index (χ1n) is 4.93. The zero-order valence-corrected chi connectivity index (χ0v) is 9.35. The summed E-state index contributed by atoms with van der Waals surface area (Å²) >= 11 is 5.56. The van der Waals surface area contributed by atoms with Crippen molar-refractivity contribution in [3.63, 3.8) is 0 Å². The molecule has 0 bridgehead atoms. The molecule has 0 unspecified atom stereocenters. The van der Waals surface area contributed by atoms with E-state index in [1.807, 2.05) is 30.3 Å². The fraction of sp³-hybridized carbons (Fsp3) is 0.167. The first kappa shape index (κ1) is 10.7. The van der Waals surface area contributed by atoms with Gasteiger partial charge in [0.2, 0.25) is 0 Å². The van der Waals surface area contributed by atoms with Gasteiger partial charge in [0, 0.05) is 12.3 Å². The Hall–Kier alpha value is -1.79. The molecule has 0 aliphatic heterocycles. The molecule has 0 fully saturated rings. The summed E-state index contributed by atoms with van der Waals surface area (Å²) in [4.78, 5) is 0. The zero-order valence-electron chi connectivity index (χ0n) is 8.60. The van der Waals surface area contributed by atoms with Gasteiger partial charge in [-0.15, -0.1) is 16.7 Å². The number of alkyl halides is 1. The summed E-state index contributed by atoms with van der Waals surface area (Å²) in [5.41, 5.74) is 1.73. The number of aromatic nitrogens is 3. The number of hydrogen-bond acceptors (Lipinski definition) is 2. The van der Waals surface area contributed by atoms with Gasteiger partial charge in [-0.1, -0.05) is 29.3 Å². The van der Waals surface area contributed by atoms with E-state index in [2.05, 4.69) is 22.2 Å². The van der Waals surface area contributed by atoms with Gasteiger partial charge in [-0.3, -0.25) is 0 Å². The number of benzene rings is 1. The summed E-state index contributed by atoms with van der Waals surface area (Å²) in [7, 11) is 0. The molecule has 0 aliphatic carbocycles. The Labute approximate surface area is 99.0 Å². The van der Waals surface area contributed by atoms with Crippen molar-refractivity contribution in [2.45, 2.75) is 6.42 Å². The molecule has 0 N–H and O–H groups in total. The van der Waals surface area contributed by atoms with E-state index in [9.17, 15) is 0 Å². The van der Waals surface area contributed by atoms with Gasteiger partial charge in [0.1, 0.15) is 5.69 Å². The summed E-state index contributed by atoms with van der Waals surface area (Å²) < 4.78 is 1.71. The summed E-state index contributed by atoms with van der Waals surface area (Å²) in [6.45, 7) is 0. The van der Waals surface area contributed by atoms with Gasteiger partial charge < -0.3 is 0 Å². The molecule has 0 aliphatic rings. The molecule has 1 heterocycles. The van der Waals surface area contributed by atoms with Crippen LogP contribution in [0.1, 0.15) is 12.1 Å². The Morgan fingerprint density at radius 1 is 1.25 bits per heavy atom. The smallest absolute Gasteiger partial charge is 0.137 e. The summed E-state index contributed by atoms with van der Waals surface area (Å²) in [5, 5.41) is 7.85. The van der Waals surface area contributed by atoms with Crippen LogP contribution in [0, 0.1) is 11.8 Å². The van der Waals surface area contributed by atoms with Crippen molar-refractivity contribution < 1.29 is 0 Å². The number of rotatable bonds is 2. The molecule has 0 atom stereocenters. The van der Waals surface area contributed by atoms with Gasteiger partial charge in [-0.05, 0) is 18.1 Å². The Bertz CT molecular complexity index is 508. The van der Waals surface area contributed by atoms with Crippen LogP contribution in [0.25, 0.3) is 5.69 Å². The quantitative estimate of drug-likeness (QED) is 0.586. The molecule has 3 nitrogen and oxygen atoms in total. The lowest BCUT2D eigenvalue weighted by atomic mass is 10.3. The Balaban J connectivity index is 2.31. The van der Waals surface area contributed by atoms with E-state index in [1.165, 1.54) is 0 Å². The molecule has 1 aromatic carbocycles. The minimum atomic E-state index is 0.542. The van der Waals surface area contributed by atoms with Crippen LogP contribution in [0.15, 0.2) is 36.5 Å². The molecule has 2 rings (SSSR count). The lowest BCUT2D eigenvalue weighted by Gasteiger charge is -2.00. The van der Waals surface area contributed by atoms with Crippen LogP contribution in [-0.4, -0.2) is 20.9 Å². The molecule has 0 saturated carbocycles. The van der Waals surface area contributed by atoms with Crippen LogP contribution in [0.2, 0.25) is 0 Å². The first-order chi connectivity index (χ1) is 7.92. The molecule has 1 aromatic heterocycles. The van der Waals surface area contributed by atoms with Gasteiger partial charge in [0.05, 0.1) is 11.9 Å². The lowest BCUT2D eigenvalue weighted by Crippen LogP contribution is -1.99. The van der Waals surface area contributed by atoms with Gasteiger partial charge in [0.15, 0.2) is 0 Å². The van der Waals surface area contributed by atoms with Crippen molar-refractivity contribution in [1.82, 2.24) is 15.0 Å². The molecular weight excluding hydrogens is 222 g/mol. The topological polar surface area (TPSA) is 30.7 Å². The normalized spacial score (nSPS) is 9.56. The van der Waals surface area contributed by atoms with Crippen molar-refractivity contribution in [1.29, 1.82) is 0 Å². The largest absolute Gasteiger partial charge is 0.205 e. The fourth-order valence-corrected chi connectivity index (χ4v) is 1.37. The predicted molar refractivity (Wildman–Crippen MR) is 63.6 cm³/mol. The van der Waals surface area contributed by atoms with E-state index in [-0.39, 0.29) is 0 Å². The van der Waals surface area contributed by atoms with Crippen molar-refractivity contribution in [2.75, 3.05) is 5.88 Å². The highest BCUT2D eigenvalue weighted by Crippen LogP contribution is 2.07. The first-order valence-corrected chi connectivity index (χ1v) is 5.46. The Kier molecular flexibility index (Phi) is 3.58. The second-order valence-corrected chi connectivity index (χ2v) is 3.49. The predicted octanol–water partition coefficient (Wildman–Crippen LogP) is 2.25. The highest BCUT2D eigenvalue weighted by Gasteiger charge is 2.01. The summed E-state index contributed by atoms with van der Waals surface area (Å²) in [6, 6.07) is 9.78. The number of nitrogens with zero attached hydrogens (tertiary/aromatic N) is 3. The lowest BCUT2D eigenvalue weighted by molar-refractivity contribution is 0.797. The van der Waals surface area contributed by atoms with E-state index >= 15 is 0 Å². The third-order valence-electron chi connectivity index (χ3n) is 1.99. The van der Waals surface area contributed by atoms with Crippen molar-refractivity contribution in [3.8, 4) is 17.5 Å². The van der Waals surface area contributed by atoms with Crippen LogP contribution in [0.5, 0.6) is 0 Å². The molecular formula is C12H10ClN3. The molecule has 0 saturated heterocycles. The Morgan fingerprint density at radius 2 is 2.06 bits per heavy atom. The average Bonchev–Trinajstić information content (AvgIpc) is 2.79. The van der Waals surface area contributed by atoms with Crippen LogP contribution >= 0.6 is 11.6 Å². The molecule has 80 valence electrons. The van der Waals surface area contributed by atoms with Crippen molar-refractivity contribution in [2.24, 2.45) is 0 Å². The van der Waals surface area contributed by atoms with Crippen LogP contribution in [-0.2, 0) is 0 Å². The maximum atomic E-state index is 5.56. The fourth-order valence-electron chi connectivity index (χ4n) is 1.28. The monoisotopic (exact) mass is 231 g/mol. The third-order valence-corrected chi connectivity index (χ3v) is 2.17. The van der Waals surface area contributed by atoms with Crippen LogP contribution < -0.4 is 0 Å². The molecule has 4 heteroatoms. The maximum absolute atomic E-state index is 5.56. The number of halogens is 1. The third kappa shape index (κ3) is 2.41. The van der Waals surface area contributed by atoms with E-state index < -0.39 is 0 Å². The summed E-state index contributed by atoms with van der Waals surface area (Å²) in [6.07, 6.45) is 2.32. The molecule has 2 aromatic rings. The van der Waals surface area contributed by atoms with Gasteiger partial charge in [0.25, 0.3) is 0 Å². The van der Waals surface area contributed by atoms with Gasteiger partial charge in [-0.2, -0.15) is 0 Å².